The molecule has 2 atom stereocenters. The maximum atomic E-state index is 14.5. The van der Waals surface area contributed by atoms with Gasteiger partial charge in [-0.05, 0) is 38.3 Å². The number of nitrogens with two attached hydrogens (primary N) is 2. The van der Waals surface area contributed by atoms with Gasteiger partial charge < -0.3 is 31.2 Å². The Balaban J connectivity index is 1.29. The van der Waals surface area contributed by atoms with E-state index >= 15 is 0 Å². The molecule has 2 saturated heterocycles. The first kappa shape index (κ1) is 22.4. The number of hydrogen-bond acceptors (Lipinski definition) is 6. The van der Waals surface area contributed by atoms with Crippen LogP contribution in [0.2, 0.25) is 0 Å². The summed E-state index contributed by atoms with van der Waals surface area (Å²) >= 11 is 0. The van der Waals surface area contributed by atoms with Gasteiger partial charge in [0.1, 0.15) is 17.4 Å². The Kier molecular flexibility index (Phi) is 6.22. The van der Waals surface area contributed by atoms with E-state index in [1.165, 1.54) is 4.90 Å². The minimum absolute atomic E-state index is 0.00578. The smallest absolute Gasteiger partial charge is 0.227 e. The van der Waals surface area contributed by atoms with Crippen molar-refractivity contribution in [2.75, 3.05) is 39.9 Å². The zero-order valence-corrected chi connectivity index (χ0v) is 18.0. The monoisotopic (exact) mass is 438 g/mol. The predicted octanol–water partition coefficient (Wildman–Crippen LogP) is 0.932. The summed E-state index contributed by atoms with van der Waals surface area (Å²) in [5.74, 6) is -1.43. The first-order valence-electron chi connectivity index (χ1n) is 11.0. The van der Waals surface area contributed by atoms with E-state index in [9.17, 15) is 13.6 Å². The first-order chi connectivity index (χ1) is 14.8. The molecular weight excluding hydrogens is 406 g/mol. The third-order valence-corrected chi connectivity index (χ3v) is 7.27. The Labute approximate surface area is 181 Å². The molecule has 5 N–H and O–H groups in total. The number of piperidine rings is 1. The van der Waals surface area contributed by atoms with Gasteiger partial charge in [-0.1, -0.05) is 0 Å². The topological polar surface area (TPSA) is 103 Å². The Morgan fingerprint density at radius 2 is 1.87 bits per heavy atom. The molecule has 9 heteroatoms. The third-order valence-electron chi connectivity index (χ3n) is 7.27. The Morgan fingerprint density at radius 1 is 1.23 bits per heavy atom. The molecule has 2 unspecified atom stereocenters. The minimum Gasteiger partial charge on any atom is -0.493 e. The molecule has 0 spiro atoms. The SMILES string of the molecule is COC1CN(C(=O)Cc2c(F)cc(OCCC3(N)CC3(N)C3CCNCC3)cc2F)C1. The number of hydrogen-bond donors (Lipinski definition) is 3. The number of methoxy groups -OCH3 is 1. The Morgan fingerprint density at radius 3 is 2.48 bits per heavy atom. The fraction of sp³-hybridized carbons (Fsp3) is 0.682. The number of carbonyl (C=O) groups is 1. The molecule has 1 amide bonds. The number of benzene rings is 1. The van der Waals surface area contributed by atoms with Crippen LogP contribution in [0.15, 0.2) is 12.1 Å². The van der Waals surface area contributed by atoms with Crippen LogP contribution in [0.1, 0.15) is 31.2 Å². The number of likely N-dealkylation sites (tertiary alicyclic amines) is 1. The summed E-state index contributed by atoms with van der Waals surface area (Å²) in [6.45, 7) is 3.02. The lowest BCUT2D eigenvalue weighted by atomic mass is 9.85. The van der Waals surface area contributed by atoms with Crippen LogP contribution in [0.3, 0.4) is 0 Å². The third kappa shape index (κ3) is 4.41. The van der Waals surface area contributed by atoms with Gasteiger partial charge in [0.25, 0.3) is 0 Å². The molecule has 4 rings (SSSR count). The van der Waals surface area contributed by atoms with E-state index in [0.29, 0.717) is 25.4 Å². The molecule has 31 heavy (non-hydrogen) atoms. The van der Waals surface area contributed by atoms with E-state index in [0.717, 1.165) is 44.5 Å². The van der Waals surface area contributed by atoms with E-state index in [1.54, 1.807) is 7.11 Å². The number of halogens is 2. The lowest BCUT2D eigenvalue weighted by Crippen LogP contribution is -2.54. The number of rotatable bonds is 8. The van der Waals surface area contributed by atoms with E-state index < -0.39 is 22.7 Å². The molecule has 1 aromatic rings. The van der Waals surface area contributed by atoms with E-state index in [4.69, 9.17) is 20.9 Å². The second kappa shape index (κ2) is 8.61. The minimum atomic E-state index is -0.788. The fourth-order valence-corrected chi connectivity index (χ4v) is 4.92. The number of carbonyl (C=O) groups excluding carboxylic acids is 1. The lowest BCUT2D eigenvalue weighted by Gasteiger charge is -2.38. The van der Waals surface area contributed by atoms with Crippen molar-refractivity contribution in [1.82, 2.24) is 10.2 Å². The summed E-state index contributed by atoms with van der Waals surface area (Å²) in [5.41, 5.74) is 11.9. The highest BCUT2D eigenvalue weighted by molar-refractivity contribution is 5.79. The van der Waals surface area contributed by atoms with Crippen molar-refractivity contribution in [2.24, 2.45) is 17.4 Å². The predicted molar refractivity (Wildman–Crippen MR) is 112 cm³/mol. The number of nitrogens with zero attached hydrogens (tertiary/aromatic N) is 1. The van der Waals surface area contributed by atoms with E-state index in [2.05, 4.69) is 5.32 Å². The second-order valence-electron chi connectivity index (χ2n) is 9.19. The number of ether oxygens (including phenoxy) is 2. The van der Waals surface area contributed by atoms with Crippen molar-refractivity contribution in [3.05, 3.63) is 29.3 Å². The molecule has 2 heterocycles. The highest BCUT2D eigenvalue weighted by atomic mass is 19.1. The van der Waals surface area contributed by atoms with Crippen molar-refractivity contribution in [1.29, 1.82) is 0 Å². The molecule has 0 bridgehead atoms. The van der Waals surface area contributed by atoms with Crippen LogP contribution in [0, 0.1) is 17.6 Å². The van der Waals surface area contributed by atoms with Crippen LogP contribution in [0.25, 0.3) is 0 Å². The van der Waals surface area contributed by atoms with Crippen LogP contribution in [0.4, 0.5) is 8.78 Å². The molecular formula is C22H32F2N4O3. The van der Waals surface area contributed by atoms with Crippen molar-refractivity contribution >= 4 is 5.91 Å². The van der Waals surface area contributed by atoms with Crippen LogP contribution in [0.5, 0.6) is 5.75 Å². The van der Waals surface area contributed by atoms with Crippen LogP contribution in [-0.4, -0.2) is 67.9 Å². The van der Waals surface area contributed by atoms with E-state index in [1.807, 2.05) is 0 Å². The largest absolute Gasteiger partial charge is 0.493 e. The zero-order chi connectivity index (χ0) is 22.2. The Hall–Kier alpha value is -1.81. The van der Waals surface area contributed by atoms with Gasteiger partial charge in [0.2, 0.25) is 5.91 Å². The molecule has 1 aromatic carbocycles. The molecule has 3 fully saturated rings. The van der Waals surface area contributed by atoms with Gasteiger partial charge >= 0.3 is 0 Å². The second-order valence-corrected chi connectivity index (χ2v) is 9.19. The van der Waals surface area contributed by atoms with E-state index in [-0.39, 0.29) is 36.4 Å². The summed E-state index contributed by atoms with van der Waals surface area (Å²) in [6.07, 6.45) is 2.94. The molecule has 7 nitrogen and oxygen atoms in total. The molecule has 1 saturated carbocycles. The zero-order valence-electron chi connectivity index (χ0n) is 18.0. The fourth-order valence-electron chi connectivity index (χ4n) is 4.92. The molecule has 0 radical (unpaired) electrons. The number of nitrogens with one attached hydrogen (secondary N) is 1. The summed E-state index contributed by atoms with van der Waals surface area (Å²) in [5, 5.41) is 3.33. The van der Waals surface area contributed by atoms with Gasteiger partial charge in [-0.2, -0.15) is 0 Å². The van der Waals surface area contributed by atoms with Gasteiger partial charge in [-0.25, -0.2) is 8.78 Å². The van der Waals surface area contributed by atoms with Crippen molar-refractivity contribution in [3.63, 3.8) is 0 Å². The molecule has 172 valence electrons. The van der Waals surface area contributed by atoms with Gasteiger partial charge in [0.15, 0.2) is 0 Å². The standard InChI is InChI=1S/C22H32F2N4O3/c1-30-16-11-28(12-16)20(29)10-17-18(23)8-15(9-19(17)24)31-7-4-21(25)13-22(21,26)14-2-5-27-6-3-14/h8-9,14,16,27H,2-7,10-13,25-26H2,1H3. The maximum absolute atomic E-state index is 14.5. The summed E-state index contributed by atoms with van der Waals surface area (Å²) in [6, 6.07) is 2.25. The van der Waals surface area contributed by atoms with Crippen LogP contribution in [-0.2, 0) is 16.0 Å². The van der Waals surface area contributed by atoms with Gasteiger partial charge in [0, 0.05) is 55.4 Å². The van der Waals surface area contributed by atoms with Crippen LogP contribution >= 0.6 is 0 Å². The van der Waals surface area contributed by atoms with Crippen LogP contribution < -0.4 is 21.5 Å². The Bertz CT molecular complexity index is 806. The number of amides is 1. The van der Waals surface area contributed by atoms with Gasteiger partial charge in [-0.15, -0.1) is 0 Å². The van der Waals surface area contributed by atoms with Crippen molar-refractivity contribution in [2.45, 2.75) is 49.3 Å². The molecule has 3 aliphatic rings. The molecule has 0 aromatic heterocycles. The summed E-state index contributed by atoms with van der Waals surface area (Å²) in [7, 11) is 1.57. The molecule has 1 aliphatic carbocycles. The highest BCUT2D eigenvalue weighted by Gasteiger charge is 2.65. The average molecular weight is 439 g/mol. The highest BCUT2D eigenvalue weighted by Crippen LogP contribution is 2.53. The van der Waals surface area contributed by atoms with Gasteiger partial charge in [0.05, 0.1) is 19.1 Å². The normalized spacial score (nSPS) is 29.0. The molecule has 2 aliphatic heterocycles. The quantitative estimate of drug-likeness (QED) is 0.558. The lowest BCUT2D eigenvalue weighted by molar-refractivity contribution is -0.142. The van der Waals surface area contributed by atoms with Crippen molar-refractivity contribution in [3.8, 4) is 5.75 Å². The summed E-state index contributed by atoms with van der Waals surface area (Å²) < 4.78 is 39.7. The van der Waals surface area contributed by atoms with Crippen molar-refractivity contribution < 1.29 is 23.0 Å². The summed E-state index contributed by atoms with van der Waals surface area (Å²) in [4.78, 5) is 13.7. The van der Waals surface area contributed by atoms with Gasteiger partial charge in [-0.3, -0.25) is 4.79 Å². The average Bonchev–Trinajstić information content (AvgIpc) is 3.27. The maximum Gasteiger partial charge on any atom is 0.227 e. The first-order valence-corrected chi connectivity index (χ1v) is 11.0.